The first-order chi connectivity index (χ1) is 17.7. The molecule has 5 nitrogen and oxygen atoms in total. The smallest absolute Gasteiger partial charge is 0.270 e. The first-order valence-corrected chi connectivity index (χ1v) is 12.5. The van der Waals surface area contributed by atoms with Crippen LogP contribution >= 0.6 is 0 Å². The van der Waals surface area contributed by atoms with Crippen LogP contribution in [0.2, 0.25) is 0 Å². The lowest BCUT2D eigenvalue weighted by molar-refractivity contribution is -0.384. The van der Waals surface area contributed by atoms with E-state index in [1.807, 2.05) is 6.07 Å². The minimum atomic E-state index is -0.371. The SMILES string of the molecule is O=[N+]([O-])c1cccc(C=Nc2cc3c4c(c2)[C@H](c2ccccc2)CCN4CC[C@@H]3c2ccccc2)c1. The van der Waals surface area contributed by atoms with Gasteiger partial charge < -0.3 is 4.90 Å². The minimum Gasteiger partial charge on any atom is -0.371 e. The highest BCUT2D eigenvalue weighted by Gasteiger charge is 2.35. The Morgan fingerprint density at radius 3 is 1.92 bits per heavy atom. The largest absolute Gasteiger partial charge is 0.371 e. The summed E-state index contributed by atoms with van der Waals surface area (Å²) in [6, 6.07) is 32.6. The molecule has 178 valence electrons. The van der Waals surface area contributed by atoms with E-state index >= 15 is 0 Å². The van der Waals surface area contributed by atoms with Gasteiger partial charge in [-0.15, -0.1) is 0 Å². The average molecular weight is 474 g/mol. The summed E-state index contributed by atoms with van der Waals surface area (Å²) in [5.74, 6) is 0.636. The van der Waals surface area contributed by atoms with E-state index in [2.05, 4.69) is 77.7 Å². The third-order valence-corrected chi connectivity index (χ3v) is 7.44. The molecule has 0 aliphatic carbocycles. The molecule has 2 atom stereocenters. The highest BCUT2D eigenvalue weighted by atomic mass is 16.6. The fourth-order valence-electron chi connectivity index (χ4n) is 5.78. The van der Waals surface area contributed by atoms with Crippen LogP contribution in [0.25, 0.3) is 0 Å². The quantitative estimate of drug-likeness (QED) is 0.175. The Balaban J connectivity index is 1.48. The van der Waals surface area contributed by atoms with Crippen LogP contribution in [0, 0.1) is 10.1 Å². The number of non-ortho nitro benzene ring substituents is 1. The number of nitro groups is 1. The molecule has 2 aliphatic heterocycles. The Bertz CT molecular complexity index is 1360. The van der Waals surface area contributed by atoms with Crippen LogP contribution in [-0.2, 0) is 0 Å². The molecule has 0 N–H and O–H groups in total. The fourth-order valence-corrected chi connectivity index (χ4v) is 5.78. The molecule has 6 rings (SSSR count). The normalized spacial score (nSPS) is 18.7. The second-order valence-electron chi connectivity index (χ2n) is 9.57. The van der Waals surface area contributed by atoms with Crippen molar-refractivity contribution in [2.45, 2.75) is 24.7 Å². The van der Waals surface area contributed by atoms with Gasteiger partial charge in [-0.3, -0.25) is 15.1 Å². The second-order valence-corrected chi connectivity index (χ2v) is 9.57. The van der Waals surface area contributed by atoms with Crippen molar-refractivity contribution in [3.05, 3.63) is 135 Å². The molecule has 2 aliphatic rings. The lowest BCUT2D eigenvalue weighted by atomic mass is 9.76. The van der Waals surface area contributed by atoms with E-state index < -0.39 is 0 Å². The Kier molecular flexibility index (Phi) is 5.82. The van der Waals surface area contributed by atoms with E-state index in [0.717, 1.165) is 37.2 Å². The Labute approximate surface area is 210 Å². The van der Waals surface area contributed by atoms with Gasteiger partial charge in [0.2, 0.25) is 0 Å². The Hall–Kier alpha value is -4.25. The van der Waals surface area contributed by atoms with Gasteiger partial charge in [-0.2, -0.15) is 0 Å². The lowest BCUT2D eigenvalue weighted by Gasteiger charge is -2.43. The van der Waals surface area contributed by atoms with Crippen molar-refractivity contribution in [2.75, 3.05) is 18.0 Å². The summed E-state index contributed by atoms with van der Waals surface area (Å²) < 4.78 is 0. The summed E-state index contributed by atoms with van der Waals surface area (Å²) in [7, 11) is 0. The lowest BCUT2D eigenvalue weighted by Crippen LogP contribution is -2.37. The van der Waals surface area contributed by atoms with Crippen LogP contribution in [-0.4, -0.2) is 24.2 Å². The van der Waals surface area contributed by atoms with Crippen molar-refractivity contribution >= 4 is 23.3 Å². The van der Waals surface area contributed by atoms with Crippen molar-refractivity contribution in [2.24, 2.45) is 4.99 Å². The van der Waals surface area contributed by atoms with Crippen LogP contribution in [0.1, 0.15) is 52.5 Å². The first kappa shape index (κ1) is 22.2. The molecule has 0 amide bonds. The highest BCUT2D eigenvalue weighted by Crippen LogP contribution is 2.49. The van der Waals surface area contributed by atoms with Gasteiger partial charge in [0.15, 0.2) is 0 Å². The summed E-state index contributed by atoms with van der Waals surface area (Å²) in [6.07, 6.45) is 3.88. The number of anilines is 1. The predicted octanol–water partition coefficient (Wildman–Crippen LogP) is 7.22. The van der Waals surface area contributed by atoms with Gasteiger partial charge in [-0.25, -0.2) is 0 Å². The molecule has 2 heterocycles. The first-order valence-electron chi connectivity index (χ1n) is 12.5. The maximum Gasteiger partial charge on any atom is 0.270 e. The van der Waals surface area contributed by atoms with E-state index in [4.69, 9.17) is 4.99 Å². The van der Waals surface area contributed by atoms with Gasteiger partial charge in [0.25, 0.3) is 5.69 Å². The van der Waals surface area contributed by atoms with Crippen LogP contribution in [0.4, 0.5) is 17.1 Å². The molecule has 4 aromatic carbocycles. The summed E-state index contributed by atoms with van der Waals surface area (Å²) in [5.41, 5.74) is 8.38. The zero-order valence-electron chi connectivity index (χ0n) is 20.0. The fraction of sp³-hybridized carbons (Fsp3) is 0.194. The molecule has 0 aromatic heterocycles. The summed E-state index contributed by atoms with van der Waals surface area (Å²) in [6.45, 7) is 2.11. The monoisotopic (exact) mass is 473 g/mol. The molecule has 0 saturated heterocycles. The van der Waals surface area contributed by atoms with Crippen molar-refractivity contribution in [1.29, 1.82) is 0 Å². The minimum absolute atomic E-state index is 0.0726. The maximum atomic E-state index is 11.2. The number of nitro benzene ring substituents is 1. The topological polar surface area (TPSA) is 58.7 Å². The number of rotatable bonds is 5. The van der Waals surface area contributed by atoms with Crippen molar-refractivity contribution < 1.29 is 4.92 Å². The van der Waals surface area contributed by atoms with E-state index in [1.54, 1.807) is 18.3 Å². The average Bonchev–Trinajstić information content (AvgIpc) is 2.93. The van der Waals surface area contributed by atoms with Gasteiger partial charge in [-0.05, 0) is 52.8 Å². The second kappa shape index (κ2) is 9.42. The van der Waals surface area contributed by atoms with Gasteiger partial charge >= 0.3 is 0 Å². The van der Waals surface area contributed by atoms with Gasteiger partial charge in [0.1, 0.15) is 0 Å². The number of benzene rings is 4. The molecule has 0 saturated carbocycles. The van der Waals surface area contributed by atoms with Crippen LogP contribution in [0.3, 0.4) is 0 Å². The molecular formula is C31H27N3O2. The van der Waals surface area contributed by atoms with Crippen molar-refractivity contribution in [1.82, 2.24) is 0 Å². The highest BCUT2D eigenvalue weighted by molar-refractivity contribution is 5.84. The number of hydrogen-bond donors (Lipinski definition) is 0. The zero-order chi connectivity index (χ0) is 24.5. The number of aliphatic imine (C=N–C) groups is 1. The third kappa shape index (κ3) is 4.17. The van der Waals surface area contributed by atoms with Gasteiger partial charge in [-0.1, -0.05) is 72.8 Å². The van der Waals surface area contributed by atoms with Crippen LogP contribution in [0.5, 0.6) is 0 Å². The van der Waals surface area contributed by atoms with E-state index in [9.17, 15) is 10.1 Å². The van der Waals surface area contributed by atoms with E-state index in [1.165, 1.54) is 34.0 Å². The Morgan fingerprint density at radius 1 is 0.778 bits per heavy atom. The van der Waals surface area contributed by atoms with Gasteiger partial charge in [0.05, 0.1) is 10.6 Å². The summed E-state index contributed by atoms with van der Waals surface area (Å²) >= 11 is 0. The number of hydrogen-bond acceptors (Lipinski definition) is 4. The Morgan fingerprint density at radius 2 is 1.36 bits per heavy atom. The maximum absolute atomic E-state index is 11.2. The standard InChI is InChI=1S/C31H27N3O2/c35-34(36)26-13-7-8-22(18-26)21-32-25-19-29-27(23-9-3-1-4-10-23)14-16-33-17-15-28(30(20-25)31(29)33)24-11-5-2-6-12-24/h1-13,18-21,27-28H,14-17H2/t27-,28+. The van der Waals surface area contributed by atoms with Crippen LogP contribution < -0.4 is 4.90 Å². The predicted molar refractivity (Wildman–Crippen MR) is 145 cm³/mol. The van der Waals surface area contributed by atoms with E-state index in [0.29, 0.717) is 11.8 Å². The van der Waals surface area contributed by atoms with Crippen molar-refractivity contribution in [3.63, 3.8) is 0 Å². The van der Waals surface area contributed by atoms with E-state index in [-0.39, 0.29) is 10.6 Å². The number of nitrogens with zero attached hydrogens (tertiary/aromatic N) is 3. The molecule has 4 aromatic rings. The third-order valence-electron chi connectivity index (χ3n) is 7.44. The molecule has 0 unspecified atom stereocenters. The zero-order valence-corrected chi connectivity index (χ0v) is 20.0. The molecule has 0 spiro atoms. The molecule has 0 radical (unpaired) electrons. The molecule has 0 bridgehead atoms. The molecule has 5 heteroatoms. The molecular weight excluding hydrogens is 446 g/mol. The summed E-state index contributed by atoms with van der Waals surface area (Å²) in [5, 5.41) is 11.2. The molecule has 0 fully saturated rings. The molecule has 36 heavy (non-hydrogen) atoms. The van der Waals surface area contributed by atoms with Crippen molar-refractivity contribution in [3.8, 4) is 0 Å². The van der Waals surface area contributed by atoms with Gasteiger partial charge in [0, 0.05) is 49.0 Å². The summed E-state index contributed by atoms with van der Waals surface area (Å²) in [4.78, 5) is 18.2. The van der Waals surface area contributed by atoms with Crippen LogP contribution in [0.15, 0.2) is 102 Å².